The van der Waals surface area contributed by atoms with Gasteiger partial charge < -0.3 is 15.0 Å². The lowest BCUT2D eigenvalue weighted by Gasteiger charge is -2.10. The van der Waals surface area contributed by atoms with E-state index in [2.05, 4.69) is 10.2 Å². The number of methoxy groups -OCH3 is 1. The molecule has 7 heteroatoms. The average molecular weight is 287 g/mol. The number of nitrogens with two attached hydrogens (primary N) is 1. The summed E-state index contributed by atoms with van der Waals surface area (Å²) in [6.45, 7) is 1.16. The number of nitrogen functional groups attached to an aromatic ring is 1. The molecule has 1 heterocycles. The third-order valence-electron chi connectivity index (χ3n) is 2.52. The maximum Gasteiger partial charge on any atom is 0.167 e. The molecule has 0 aliphatic rings. The van der Waals surface area contributed by atoms with E-state index in [0.29, 0.717) is 40.3 Å². The van der Waals surface area contributed by atoms with Crippen LogP contribution in [-0.4, -0.2) is 28.5 Å². The summed E-state index contributed by atoms with van der Waals surface area (Å²) in [6, 6.07) is 3.34. The van der Waals surface area contributed by atoms with Crippen LogP contribution in [0.1, 0.15) is 0 Å². The van der Waals surface area contributed by atoms with Crippen molar-refractivity contribution in [2.24, 2.45) is 0 Å². The average Bonchev–Trinajstić information content (AvgIpc) is 2.80. The lowest BCUT2D eigenvalue weighted by atomic mass is 10.1. The van der Waals surface area contributed by atoms with Crippen molar-refractivity contribution in [1.29, 1.82) is 0 Å². The van der Waals surface area contributed by atoms with Gasteiger partial charge in [0.25, 0.3) is 0 Å². The van der Waals surface area contributed by atoms with Gasteiger partial charge in [0.15, 0.2) is 5.82 Å². The van der Waals surface area contributed by atoms with Crippen molar-refractivity contribution in [1.82, 2.24) is 14.8 Å². The molecule has 0 fully saturated rings. The topological polar surface area (TPSA) is 66.0 Å². The van der Waals surface area contributed by atoms with E-state index in [0.717, 1.165) is 0 Å². The van der Waals surface area contributed by atoms with Gasteiger partial charge in [0.2, 0.25) is 0 Å². The highest BCUT2D eigenvalue weighted by molar-refractivity contribution is 6.37. The first kappa shape index (κ1) is 13.1. The summed E-state index contributed by atoms with van der Waals surface area (Å²) in [5.41, 5.74) is 6.94. The lowest BCUT2D eigenvalue weighted by Crippen LogP contribution is -2.06. The Balaban J connectivity index is 2.49. The van der Waals surface area contributed by atoms with Crippen LogP contribution in [-0.2, 0) is 11.3 Å². The van der Waals surface area contributed by atoms with Crippen LogP contribution in [0.2, 0.25) is 10.0 Å². The third-order valence-corrected chi connectivity index (χ3v) is 3.16. The zero-order chi connectivity index (χ0) is 13.1. The van der Waals surface area contributed by atoms with Crippen LogP contribution in [0.25, 0.3) is 11.4 Å². The monoisotopic (exact) mass is 286 g/mol. The molecule has 0 radical (unpaired) electrons. The van der Waals surface area contributed by atoms with Crippen LogP contribution in [0.5, 0.6) is 0 Å². The first-order chi connectivity index (χ1) is 8.65. The largest absolute Gasteiger partial charge is 0.397 e. The standard InChI is InChI=1S/C11H12Cl2N4O/c1-18-5-4-17-6-15-16-11(17)9-7(12)2-3-8(13)10(9)14/h2-3,6H,4-5,14H2,1H3. The van der Waals surface area contributed by atoms with E-state index in [-0.39, 0.29) is 0 Å². The molecule has 96 valence electrons. The van der Waals surface area contributed by atoms with Crippen LogP contribution in [0.3, 0.4) is 0 Å². The highest BCUT2D eigenvalue weighted by atomic mass is 35.5. The molecule has 0 amide bonds. The van der Waals surface area contributed by atoms with E-state index in [1.165, 1.54) is 0 Å². The van der Waals surface area contributed by atoms with Crippen molar-refractivity contribution in [2.45, 2.75) is 6.54 Å². The van der Waals surface area contributed by atoms with Crippen molar-refractivity contribution in [3.8, 4) is 11.4 Å². The van der Waals surface area contributed by atoms with Crippen LogP contribution < -0.4 is 5.73 Å². The van der Waals surface area contributed by atoms with Crippen LogP contribution in [0.15, 0.2) is 18.5 Å². The number of rotatable bonds is 4. The maximum atomic E-state index is 6.15. The van der Waals surface area contributed by atoms with Gasteiger partial charge in [-0.1, -0.05) is 23.2 Å². The molecule has 0 saturated heterocycles. The Morgan fingerprint density at radius 3 is 2.78 bits per heavy atom. The summed E-state index contributed by atoms with van der Waals surface area (Å²) in [5, 5.41) is 8.83. The molecular weight excluding hydrogens is 275 g/mol. The molecule has 2 aromatic rings. The number of halogens is 2. The predicted octanol–water partition coefficient (Wildman–Crippen LogP) is 2.48. The third kappa shape index (κ3) is 2.43. The van der Waals surface area contributed by atoms with Crippen molar-refractivity contribution in [3.05, 3.63) is 28.5 Å². The van der Waals surface area contributed by atoms with Crippen molar-refractivity contribution >= 4 is 28.9 Å². The highest BCUT2D eigenvalue weighted by Gasteiger charge is 2.16. The highest BCUT2D eigenvalue weighted by Crippen LogP contribution is 2.36. The second kappa shape index (κ2) is 5.56. The fraction of sp³-hybridized carbons (Fsp3) is 0.273. The summed E-state index contributed by atoms with van der Waals surface area (Å²) in [6.07, 6.45) is 1.60. The molecule has 18 heavy (non-hydrogen) atoms. The maximum absolute atomic E-state index is 6.15. The van der Waals surface area contributed by atoms with Gasteiger partial charge in [-0.25, -0.2) is 0 Å². The van der Waals surface area contributed by atoms with Gasteiger partial charge in [0.1, 0.15) is 6.33 Å². The quantitative estimate of drug-likeness (QED) is 0.877. The number of anilines is 1. The van der Waals surface area contributed by atoms with Crippen molar-refractivity contribution in [3.63, 3.8) is 0 Å². The number of benzene rings is 1. The van der Waals surface area contributed by atoms with Gasteiger partial charge in [-0.2, -0.15) is 0 Å². The van der Waals surface area contributed by atoms with E-state index < -0.39 is 0 Å². The Bertz CT molecular complexity index is 556. The van der Waals surface area contributed by atoms with Gasteiger partial charge in [0, 0.05) is 13.7 Å². The zero-order valence-corrected chi connectivity index (χ0v) is 11.2. The fourth-order valence-electron chi connectivity index (χ4n) is 1.60. The second-order valence-corrected chi connectivity index (χ2v) is 4.47. The van der Waals surface area contributed by atoms with Crippen molar-refractivity contribution in [2.75, 3.05) is 19.5 Å². The lowest BCUT2D eigenvalue weighted by molar-refractivity contribution is 0.187. The Morgan fingerprint density at radius 2 is 2.06 bits per heavy atom. The van der Waals surface area contributed by atoms with Gasteiger partial charge in [0.05, 0.1) is 27.9 Å². The number of aromatic nitrogens is 3. The number of nitrogens with zero attached hydrogens (tertiary/aromatic N) is 3. The van der Waals surface area contributed by atoms with Gasteiger partial charge in [-0.05, 0) is 12.1 Å². The van der Waals surface area contributed by atoms with Crippen LogP contribution in [0, 0.1) is 0 Å². The molecule has 1 aromatic carbocycles. The van der Waals surface area contributed by atoms with E-state index in [1.807, 2.05) is 4.57 Å². The fourth-order valence-corrected chi connectivity index (χ4v) is 2.00. The minimum absolute atomic E-state index is 0.399. The SMILES string of the molecule is COCCn1cnnc1-c1c(Cl)ccc(Cl)c1N. The Labute approximate surface area is 114 Å². The summed E-state index contributed by atoms with van der Waals surface area (Å²) in [7, 11) is 1.63. The molecule has 2 N–H and O–H groups in total. The molecule has 5 nitrogen and oxygen atoms in total. The van der Waals surface area contributed by atoms with E-state index in [4.69, 9.17) is 33.7 Å². The molecule has 0 bridgehead atoms. The predicted molar refractivity (Wildman–Crippen MR) is 71.8 cm³/mol. The molecule has 0 aliphatic heterocycles. The van der Waals surface area contributed by atoms with Gasteiger partial charge in [-0.15, -0.1) is 10.2 Å². The minimum Gasteiger partial charge on any atom is -0.397 e. The van der Waals surface area contributed by atoms with Gasteiger partial charge in [-0.3, -0.25) is 0 Å². The first-order valence-corrected chi connectivity index (χ1v) is 6.01. The summed E-state index contributed by atoms with van der Waals surface area (Å²) < 4.78 is 6.84. The van der Waals surface area contributed by atoms with E-state index in [9.17, 15) is 0 Å². The summed E-state index contributed by atoms with van der Waals surface area (Å²) in [5.74, 6) is 0.581. The normalized spacial score (nSPS) is 10.8. The molecule has 0 spiro atoms. The molecule has 0 saturated carbocycles. The second-order valence-electron chi connectivity index (χ2n) is 3.66. The summed E-state index contributed by atoms with van der Waals surface area (Å²) in [4.78, 5) is 0. The Morgan fingerprint density at radius 1 is 1.33 bits per heavy atom. The van der Waals surface area contributed by atoms with Crippen molar-refractivity contribution < 1.29 is 4.74 Å². The molecule has 0 unspecified atom stereocenters. The number of hydrogen-bond acceptors (Lipinski definition) is 4. The smallest absolute Gasteiger partial charge is 0.167 e. The molecule has 1 aromatic heterocycles. The van der Waals surface area contributed by atoms with E-state index >= 15 is 0 Å². The number of hydrogen-bond donors (Lipinski definition) is 1. The Hall–Kier alpha value is -1.30. The minimum atomic E-state index is 0.399. The molecule has 0 aliphatic carbocycles. The molecule has 2 rings (SSSR count). The van der Waals surface area contributed by atoms with Crippen LogP contribution >= 0.6 is 23.2 Å². The molecular formula is C11H12Cl2N4O. The van der Waals surface area contributed by atoms with Crippen LogP contribution in [0.4, 0.5) is 5.69 Å². The molecule has 0 atom stereocenters. The van der Waals surface area contributed by atoms with Gasteiger partial charge >= 0.3 is 0 Å². The number of ether oxygens (including phenoxy) is 1. The Kier molecular flexibility index (Phi) is 4.06. The zero-order valence-electron chi connectivity index (χ0n) is 9.73. The van der Waals surface area contributed by atoms with E-state index in [1.54, 1.807) is 25.6 Å². The summed E-state index contributed by atoms with van der Waals surface area (Å²) >= 11 is 12.1. The first-order valence-electron chi connectivity index (χ1n) is 5.25.